The van der Waals surface area contributed by atoms with E-state index in [0.717, 1.165) is 6.54 Å². The van der Waals surface area contributed by atoms with Crippen molar-refractivity contribution in [3.63, 3.8) is 0 Å². The molecule has 0 aliphatic carbocycles. The van der Waals surface area contributed by atoms with Crippen molar-refractivity contribution in [2.45, 2.75) is 13.8 Å². The standard InChI is InChI=1S/C9H12N4/c1-7(2)4-12-9-6-11-8(3-10)5-13-9/h5-7H,4H2,1-2H3,(H,12,13). The Morgan fingerprint density at radius 1 is 1.46 bits per heavy atom. The summed E-state index contributed by atoms with van der Waals surface area (Å²) < 4.78 is 0. The number of rotatable bonds is 3. The highest BCUT2D eigenvalue weighted by atomic mass is 15.0. The molecule has 0 unspecified atom stereocenters. The van der Waals surface area contributed by atoms with Crippen LogP contribution >= 0.6 is 0 Å². The maximum absolute atomic E-state index is 8.47. The van der Waals surface area contributed by atoms with Gasteiger partial charge in [0.2, 0.25) is 0 Å². The van der Waals surface area contributed by atoms with Gasteiger partial charge in [-0.15, -0.1) is 0 Å². The van der Waals surface area contributed by atoms with Crippen molar-refractivity contribution in [3.8, 4) is 6.07 Å². The molecule has 0 fully saturated rings. The van der Waals surface area contributed by atoms with Gasteiger partial charge in [0.1, 0.15) is 11.9 Å². The Morgan fingerprint density at radius 3 is 2.69 bits per heavy atom. The number of nitrogens with one attached hydrogen (secondary N) is 1. The van der Waals surface area contributed by atoms with Gasteiger partial charge in [0.15, 0.2) is 5.69 Å². The van der Waals surface area contributed by atoms with Gasteiger partial charge in [-0.25, -0.2) is 9.97 Å². The molecule has 1 aromatic heterocycles. The van der Waals surface area contributed by atoms with Crippen molar-refractivity contribution in [2.75, 3.05) is 11.9 Å². The van der Waals surface area contributed by atoms with E-state index in [2.05, 4.69) is 29.1 Å². The summed E-state index contributed by atoms with van der Waals surface area (Å²) in [5.41, 5.74) is 0.343. The molecule has 0 saturated heterocycles. The molecule has 0 radical (unpaired) electrons. The molecule has 1 N–H and O–H groups in total. The number of hydrogen-bond acceptors (Lipinski definition) is 4. The summed E-state index contributed by atoms with van der Waals surface area (Å²) in [6.45, 7) is 5.09. The number of nitrogens with zero attached hydrogens (tertiary/aromatic N) is 3. The molecular weight excluding hydrogens is 164 g/mol. The predicted octanol–water partition coefficient (Wildman–Crippen LogP) is 1.42. The van der Waals surface area contributed by atoms with Gasteiger partial charge in [-0.2, -0.15) is 5.26 Å². The second-order valence-corrected chi connectivity index (χ2v) is 3.17. The second-order valence-electron chi connectivity index (χ2n) is 3.17. The van der Waals surface area contributed by atoms with E-state index in [4.69, 9.17) is 5.26 Å². The summed E-state index contributed by atoms with van der Waals surface area (Å²) in [5, 5.41) is 11.6. The Hall–Kier alpha value is -1.63. The highest BCUT2D eigenvalue weighted by Crippen LogP contribution is 2.01. The highest BCUT2D eigenvalue weighted by Gasteiger charge is 1.97. The first-order chi connectivity index (χ1) is 6.22. The van der Waals surface area contributed by atoms with E-state index in [0.29, 0.717) is 17.4 Å². The van der Waals surface area contributed by atoms with E-state index in [1.54, 1.807) is 6.20 Å². The van der Waals surface area contributed by atoms with Crippen LogP contribution in [0.4, 0.5) is 5.82 Å². The number of hydrogen-bond donors (Lipinski definition) is 1. The van der Waals surface area contributed by atoms with Crippen LogP contribution in [-0.4, -0.2) is 16.5 Å². The maximum Gasteiger partial charge on any atom is 0.158 e. The average molecular weight is 176 g/mol. The van der Waals surface area contributed by atoms with Gasteiger partial charge in [0.25, 0.3) is 0 Å². The van der Waals surface area contributed by atoms with Gasteiger partial charge in [-0.1, -0.05) is 13.8 Å². The average Bonchev–Trinajstić information content (AvgIpc) is 2.15. The van der Waals surface area contributed by atoms with E-state index in [1.165, 1.54) is 6.20 Å². The lowest BCUT2D eigenvalue weighted by Gasteiger charge is -2.06. The third-order valence-corrected chi connectivity index (χ3v) is 1.46. The molecule has 0 aliphatic heterocycles. The monoisotopic (exact) mass is 176 g/mol. The van der Waals surface area contributed by atoms with Crippen LogP contribution in [-0.2, 0) is 0 Å². The molecule has 4 heteroatoms. The van der Waals surface area contributed by atoms with Crippen LogP contribution in [0.25, 0.3) is 0 Å². The fraction of sp³-hybridized carbons (Fsp3) is 0.444. The molecule has 0 spiro atoms. The summed E-state index contributed by atoms with van der Waals surface area (Å²) in [4.78, 5) is 7.91. The summed E-state index contributed by atoms with van der Waals surface area (Å²) >= 11 is 0. The Bertz CT molecular complexity index is 296. The normalized spacial score (nSPS) is 9.69. The van der Waals surface area contributed by atoms with E-state index in [-0.39, 0.29) is 0 Å². The molecule has 13 heavy (non-hydrogen) atoms. The van der Waals surface area contributed by atoms with Gasteiger partial charge in [-0.05, 0) is 5.92 Å². The zero-order valence-electron chi connectivity index (χ0n) is 7.78. The summed E-state index contributed by atoms with van der Waals surface area (Å²) in [5.74, 6) is 1.28. The highest BCUT2D eigenvalue weighted by molar-refractivity contribution is 5.32. The van der Waals surface area contributed by atoms with Gasteiger partial charge < -0.3 is 5.32 Å². The van der Waals surface area contributed by atoms with Crippen molar-refractivity contribution in [1.29, 1.82) is 5.26 Å². The Labute approximate surface area is 77.6 Å². The van der Waals surface area contributed by atoms with Gasteiger partial charge in [-0.3, -0.25) is 0 Å². The van der Waals surface area contributed by atoms with E-state index in [1.807, 2.05) is 6.07 Å². The molecule has 0 atom stereocenters. The van der Waals surface area contributed by atoms with Crippen LogP contribution in [0.5, 0.6) is 0 Å². The summed E-state index contributed by atoms with van der Waals surface area (Å²) in [6.07, 6.45) is 3.03. The zero-order chi connectivity index (χ0) is 9.68. The van der Waals surface area contributed by atoms with Gasteiger partial charge >= 0.3 is 0 Å². The largest absolute Gasteiger partial charge is 0.369 e. The topological polar surface area (TPSA) is 61.6 Å². The molecule has 0 aromatic carbocycles. The Kier molecular flexibility index (Phi) is 3.21. The van der Waals surface area contributed by atoms with Crippen molar-refractivity contribution in [1.82, 2.24) is 9.97 Å². The zero-order valence-corrected chi connectivity index (χ0v) is 7.78. The fourth-order valence-corrected chi connectivity index (χ4v) is 0.786. The van der Waals surface area contributed by atoms with E-state index >= 15 is 0 Å². The molecular formula is C9H12N4. The summed E-state index contributed by atoms with van der Waals surface area (Å²) in [6, 6.07) is 1.92. The molecule has 1 rings (SSSR count). The molecule has 68 valence electrons. The molecule has 0 aliphatic rings. The summed E-state index contributed by atoms with van der Waals surface area (Å²) in [7, 11) is 0. The molecule has 1 heterocycles. The lowest BCUT2D eigenvalue weighted by atomic mass is 10.2. The molecule has 0 saturated carbocycles. The first-order valence-corrected chi connectivity index (χ1v) is 4.18. The van der Waals surface area contributed by atoms with Crippen LogP contribution in [0, 0.1) is 17.2 Å². The van der Waals surface area contributed by atoms with Crippen LogP contribution in [0.15, 0.2) is 12.4 Å². The molecule has 0 bridgehead atoms. The maximum atomic E-state index is 8.47. The van der Waals surface area contributed by atoms with Crippen molar-refractivity contribution in [3.05, 3.63) is 18.1 Å². The first-order valence-electron chi connectivity index (χ1n) is 4.18. The van der Waals surface area contributed by atoms with Crippen LogP contribution in [0.3, 0.4) is 0 Å². The number of nitriles is 1. The predicted molar refractivity (Wildman–Crippen MR) is 50.1 cm³/mol. The second kappa shape index (κ2) is 4.41. The van der Waals surface area contributed by atoms with Gasteiger partial charge in [0, 0.05) is 6.54 Å². The SMILES string of the molecule is CC(C)CNc1cnc(C#N)cn1. The number of aromatic nitrogens is 2. The van der Waals surface area contributed by atoms with Crippen LogP contribution < -0.4 is 5.32 Å². The first kappa shape index (κ1) is 9.46. The van der Waals surface area contributed by atoms with Crippen molar-refractivity contribution >= 4 is 5.82 Å². The Morgan fingerprint density at radius 2 is 2.23 bits per heavy atom. The quantitative estimate of drug-likeness (QED) is 0.756. The van der Waals surface area contributed by atoms with Crippen molar-refractivity contribution < 1.29 is 0 Å². The third-order valence-electron chi connectivity index (χ3n) is 1.46. The molecule has 1 aromatic rings. The van der Waals surface area contributed by atoms with Crippen LogP contribution in [0.2, 0.25) is 0 Å². The fourth-order valence-electron chi connectivity index (χ4n) is 0.786. The minimum absolute atomic E-state index is 0.343. The minimum Gasteiger partial charge on any atom is -0.369 e. The molecule has 0 amide bonds. The van der Waals surface area contributed by atoms with E-state index < -0.39 is 0 Å². The molecule has 4 nitrogen and oxygen atoms in total. The lowest BCUT2D eigenvalue weighted by Crippen LogP contribution is -2.09. The van der Waals surface area contributed by atoms with E-state index in [9.17, 15) is 0 Å². The smallest absolute Gasteiger partial charge is 0.158 e. The van der Waals surface area contributed by atoms with Crippen molar-refractivity contribution in [2.24, 2.45) is 5.92 Å². The Balaban J connectivity index is 2.55. The lowest BCUT2D eigenvalue weighted by molar-refractivity contribution is 0.686. The third kappa shape index (κ3) is 3.08. The number of anilines is 1. The van der Waals surface area contributed by atoms with Crippen LogP contribution in [0.1, 0.15) is 19.5 Å². The van der Waals surface area contributed by atoms with Gasteiger partial charge in [0.05, 0.1) is 12.4 Å². The minimum atomic E-state index is 0.343.